The molecule has 0 saturated carbocycles. The Morgan fingerprint density at radius 3 is 2.20 bits per heavy atom. The summed E-state index contributed by atoms with van der Waals surface area (Å²) < 4.78 is 0. The van der Waals surface area contributed by atoms with Crippen molar-refractivity contribution in [1.29, 1.82) is 0 Å². The molecule has 4 unspecified atom stereocenters. The minimum Gasteiger partial charge on any atom is -0.480 e. The fraction of sp³-hybridized carbons (Fsp3) is 0.682. The Labute approximate surface area is 210 Å². The molecular formula is C22H39N7O5S. The summed E-state index contributed by atoms with van der Waals surface area (Å²) in [5, 5.41) is 17.4. The number of aromatic amines is 1. The highest BCUT2D eigenvalue weighted by atomic mass is 32.2. The molecule has 0 radical (unpaired) electrons. The van der Waals surface area contributed by atoms with Crippen molar-refractivity contribution < 1.29 is 24.3 Å². The smallest absolute Gasteiger partial charge is 0.326 e. The lowest BCUT2D eigenvalue weighted by molar-refractivity contribution is -0.142. The van der Waals surface area contributed by atoms with E-state index in [1.54, 1.807) is 13.8 Å². The number of nitrogens with zero attached hydrogens (tertiary/aromatic N) is 1. The molecule has 1 rings (SSSR count). The molecule has 0 bridgehead atoms. The molecule has 12 nitrogen and oxygen atoms in total. The minimum atomic E-state index is -1.17. The van der Waals surface area contributed by atoms with Gasteiger partial charge in [-0.1, -0.05) is 13.8 Å². The summed E-state index contributed by atoms with van der Waals surface area (Å²) in [7, 11) is 0. The highest BCUT2D eigenvalue weighted by Crippen LogP contribution is 2.07. The van der Waals surface area contributed by atoms with Crippen molar-refractivity contribution in [1.82, 2.24) is 25.9 Å². The van der Waals surface area contributed by atoms with E-state index in [0.29, 0.717) is 37.3 Å². The molecule has 0 aliphatic rings. The van der Waals surface area contributed by atoms with Gasteiger partial charge in [0.05, 0.1) is 12.4 Å². The summed E-state index contributed by atoms with van der Waals surface area (Å²) in [5.41, 5.74) is 12.0. The molecule has 35 heavy (non-hydrogen) atoms. The van der Waals surface area contributed by atoms with Crippen molar-refractivity contribution in [2.75, 3.05) is 18.6 Å². The second kappa shape index (κ2) is 16.1. The van der Waals surface area contributed by atoms with Crippen LogP contribution in [0.1, 0.15) is 45.2 Å². The van der Waals surface area contributed by atoms with Crippen LogP contribution in [0.5, 0.6) is 0 Å². The van der Waals surface area contributed by atoms with E-state index in [1.807, 2.05) is 6.26 Å². The first-order chi connectivity index (χ1) is 16.6. The van der Waals surface area contributed by atoms with E-state index < -0.39 is 47.9 Å². The number of H-pyrrole nitrogens is 1. The molecule has 4 atom stereocenters. The van der Waals surface area contributed by atoms with Crippen LogP contribution in [0.2, 0.25) is 0 Å². The van der Waals surface area contributed by atoms with Gasteiger partial charge in [0.25, 0.3) is 0 Å². The Hall–Kier alpha value is -2.64. The molecule has 3 amide bonds. The Kier molecular flexibility index (Phi) is 14.0. The van der Waals surface area contributed by atoms with E-state index in [-0.39, 0.29) is 18.8 Å². The summed E-state index contributed by atoms with van der Waals surface area (Å²) in [6.07, 6.45) is 6.59. The maximum Gasteiger partial charge on any atom is 0.326 e. The standard InChI is InChI=1S/C22H39N7O5S/c1-13(2)18(24)21(32)27-15(7-9-35-3)19(30)29-17(10-14-11-25-12-26-14)20(31)28-16(22(33)34)6-4-5-8-23/h11-13,15-18H,4-10,23-24H2,1-3H3,(H,25,26)(H,27,32)(H,28,31)(H,29,30)(H,33,34). The number of amides is 3. The number of nitrogens with one attached hydrogen (secondary N) is 4. The maximum absolute atomic E-state index is 13.1. The second-order valence-electron chi connectivity index (χ2n) is 8.64. The second-order valence-corrected chi connectivity index (χ2v) is 9.62. The molecule has 13 heteroatoms. The molecule has 1 aromatic rings. The molecule has 0 saturated heterocycles. The number of unbranched alkanes of at least 4 members (excludes halogenated alkanes) is 1. The topological polar surface area (TPSA) is 205 Å². The van der Waals surface area contributed by atoms with Crippen LogP contribution in [0.25, 0.3) is 0 Å². The first kappa shape index (κ1) is 30.4. The Balaban J connectivity index is 3.02. The lowest BCUT2D eigenvalue weighted by atomic mass is 10.0. The van der Waals surface area contributed by atoms with Crippen LogP contribution in [0.15, 0.2) is 12.5 Å². The Bertz CT molecular complexity index is 806. The first-order valence-electron chi connectivity index (χ1n) is 11.7. The zero-order valence-corrected chi connectivity index (χ0v) is 21.4. The number of nitrogens with two attached hydrogens (primary N) is 2. The van der Waals surface area contributed by atoms with Gasteiger partial charge >= 0.3 is 5.97 Å². The van der Waals surface area contributed by atoms with Crippen LogP contribution in [0.4, 0.5) is 0 Å². The van der Waals surface area contributed by atoms with Gasteiger partial charge in [0.1, 0.15) is 18.1 Å². The molecule has 0 aliphatic heterocycles. The van der Waals surface area contributed by atoms with E-state index >= 15 is 0 Å². The van der Waals surface area contributed by atoms with Crippen molar-refractivity contribution in [3.05, 3.63) is 18.2 Å². The highest BCUT2D eigenvalue weighted by Gasteiger charge is 2.31. The number of carboxylic acids is 1. The molecular weight excluding hydrogens is 474 g/mol. The van der Waals surface area contributed by atoms with Gasteiger partial charge in [-0.15, -0.1) is 0 Å². The molecule has 0 spiro atoms. The number of hydrogen-bond acceptors (Lipinski definition) is 8. The van der Waals surface area contributed by atoms with Gasteiger partial charge in [-0.05, 0) is 50.2 Å². The lowest BCUT2D eigenvalue weighted by Crippen LogP contribution is -2.58. The van der Waals surface area contributed by atoms with Crippen molar-refractivity contribution in [2.24, 2.45) is 17.4 Å². The summed E-state index contributed by atoms with van der Waals surface area (Å²) in [6.45, 7) is 4.03. The van der Waals surface area contributed by atoms with Crippen molar-refractivity contribution >= 4 is 35.5 Å². The first-order valence-corrected chi connectivity index (χ1v) is 13.1. The van der Waals surface area contributed by atoms with E-state index in [9.17, 15) is 24.3 Å². The van der Waals surface area contributed by atoms with Crippen LogP contribution >= 0.6 is 11.8 Å². The fourth-order valence-corrected chi connectivity index (χ4v) is 3.67. The predicted octanol–water partition coefficient (Wildman–Crippen LogP) is -0.643. The summed E-state index contributed by atoms with van der Waals surface area (Å²) in [4.78, 5) is 57.1. The highest BCUT2D eigenvalue weighted by molar-refractivity contribution is 7.98. The number of rotatable bonds is 17. The third-order valence-electron chi connectivity index (χ3n) is 5.44. The van der Waals surface area contributed by atoms with Crippen molar-refractivity contribution in [3.8, 4) is 0 Å². The van der Waals surface area contributed by atoms with Gasteiger partial charge in [-0.25, -0.2) is 9.78 Å². The fourth-order valence-electron chi connectivity index (χ4n) is 3.20. The number of aromatic nitrogens is 2. The molecule has 0 fully saturated rings. The number of carbonyl (C=O) groups is 4. The number of aliphatic carboxylic acids is 1. The minimum absolute atomic E-state index is 0.0570. The number of thioether (sulfide) groups is 1. The third kappa shape index (κ3) is 11.1. The molecule has 0 aromatic carbocycles. The molecule has 0 aliphatic carbocycles. The number of hydrogen-bond donors (Lipinski definition) is 7. The van der Waals surface area contributed by atoms with E-state index in [0.717, 1.165) is 0 Å². The Morgan fingerprint density at radius 1 is 1.03 bits per heavy atom. The van der Waals surface area contributed by atoms with Crippen LogP contribution in [0, 0.1) is 5.92 Å². The third-order valence-corrected chi connectivity index (χ3v) is 6.08. The van der Waals surface area contributed by atoms with Crippen LogP contribution in [-0.4, -0.2) is 81.5 Å². The number of imidazole rings is 1. The molecule has 9 N–H and O–H groups in total. The molecule has 198 valence electrons. The Morgan fingerprint density at radius 2 is 1.66 bits per heavy atom. The van der Waals surface area contributed by atoms with Gasteiger partial charge in [-0.3, -0.25) is 14.4 Å². The largest absolute Gasteiger partial charge is 0.480 e. The normalized spacial score (nSPS) is 14.6. The summed E-state index contributed by atoms with van der Waals surface area (Å²) in [5.74, 6) is -2.36. The average molecular weight is 514 g/mol. The zero-order chi connectivity index (χ0) is 26.4. The average Bonchev–Trinajstić information content (AvgIpc) is 3.32. The van der Waals surface area contributed by atoms with E-state index in [4.69, 9.17) is 11.5 Å². The molecule has 1 heterocycles. The van der Waals surface area contributed by atoms with Crippen LogP contribution < -0.4 is 27.4 Å². The van der Waals surface area contributed by atoms with Crippen LogP contribution in [-0.2, 0) is 25.6 Å². The monoisotopic (exact) mass is 513 g/mol. The number of carbonyl (C=O) groups excluding carboxylic acids is 3. The summed E-state index contributed by atoms with van der Waals surface area (Å²) in [6, 6.07) is -3.90. The predicted molar refractivity (Wildman–Crippen MR) is 134 cm³/mol. The lowest BCUT2D eigenvalue weighted by Gasteiger charge is -2.25. The zero-order valence-electron chi connectivity index (χ0n) is 20.6. The van der Waals surface area contributed by atoms with Gasteiger partial charge in [0.15, 0.2) is 0 Å². The van der Waals surface area contributed by atoms with E-state index in [1.165, 1.54) is 24.3 Å². The number of carboxylic acid groups (broad SMARTS) is 1. The summed E-state index contributed by atoms with van der Waals surface area (Å²) >= 11 is 1.51. The maximum atomic E-state index is 13.1. The molecule has 1 aromatic heterocycles. The van der Waals surface area contributed by atoms with Gasteiger partial charge in [0.2, 0.25) is 17.7 Å². The van der Waals surface area contributed by atoms with Gasteiger partial charge in [-0.2, -0.15) is 11.8 Å². The van der Waals surface area contributed by atoms with E-state index in [2.05, 4.69) is 25.9 Å². The SMILES string of the molecule is CSCCC(NC(=O)C(N)C(C)C)C(=O)NC(Cc1cnc[nH]1)C(=O)NC(CCCCN)C(=O)O. The quantitative estimate of drug-likeness (QED) is 0.132. The van der Waals surface area contributed by atoms with Gasteiger partial charge in [0, 0.05) is 18.3 Å². The van der Waals surface area contributed by atoms with Crippen molar-refractivity contribution in [2.45, 2.75) is 70.1 Å². The van der Waals surface area contributed by atoms with Crippen molar-refractivity contribution in [3.63, 3.8) is 0 Å². The van der Waals surface area contributed by atoms with Crippen LogP contribution in [0.3, 0.4) is 0 Å². The van der Waals surface area contributed by atoms with Gasteiger partial charge < -0.3 is 37.5 Å².